The van der Waals surface area contributed by atoms with Crippen LogP contribution in [0.4, 0.5) is 0 Å². The minimum absolute atomic E-state index is 0.0406. The van der Waals surface area contributed by atoms with E-state index in [1.165, 1.54) is 19.9 Å². The Labute approximate surface area is 364 Å². The van der Waals surface area contributed by atoms with Gasteiger partial charge in [0, 0.05) is 71.2 Å². The number of carbonyl (C=O) groups is 5. The molecular formula is C40H50Cl4N6O9. The largest absolute Gasteiger partial charge is 0.480 e. The van der Waals surface area contributed by atoms with Crippen LogP contribution in [0.3, 0.4) is 0 Å². The first-order chi connectivity index (χ1) is 28.3. The van der Waals surface area contributed by atoms with Gasteiger partial charge in [0.15, 0.2) is 0 Å². The first-order valence-electron chi connectivity index (χ1n) is 19.1. The molecule has 4 atom stereocenters. The summed E-state index contributed by atoms with van der Waals surface area (Å²) < 4.78 is 9.25. The third-order valence-electron chi connectivity index (χ3n) is 8.78. The molecule has 59 heavy (non-hydrogen) atoms. The molecule has 0 radical (unpaired) electrons. The summed E-state index contributed by atoms with van der Waals surface area (Å²) in [6.45, 7) is 8.13. The summed E-state index contributed by atoms with van der Waals surface area (Å²) in [6.07, 6.45) is 6.92. The molecule has 0 spiro atoms. The number of imidazole rings is 2. The fraction of sp³-hybridized carbons (Fsp3) is 0.425. The second-order valence-electron chi connectivity index (χ2n) is 14.5. The van der Waals surface area contributed by atoms with Gasteiger partial charge in [0.25, 0.3) is 0 Å². The average Bonchev–Trinajstić information content (AvgIpc) is 3.78. The normalized spacial score (nSPS) is 13.2. The quantitative estimate of drug-likeness (QED) is 0.0527. The zero-order chi connectivity index (χ0) is 45.3. The van der Waals surface area contributed by atoms with Crippen molar-refractivity contribution < 1.29 is 45.8 Å². The maximum Gasteiger partial charge on any atom is 0.326 e. The van der Waals surface area contributed by atoms with Gasteiger partial charge in [-0.3, -0.25) is 19.7 Å². The molecule has 19 heteroatoms. The predicted octanol–water partition coefficient (Wildman–Crippen LogP) is 7.15. The molecule has 4 aromatic rings. The molecule has 1 unspecified atom stereocenters. The van der Waals surface area contributed by atoms with E-state index in [4.69, 9.17) is 47.8 Å². The maximum atomic E-state index is 11.9. The Morgan fingerprint density at radius 3 is 1.44 bits per heavy atom. The third kappa shape index (κ3) is 16.1. The Bertz CT molecular complexity index is 2010. The highest BCUT2D eigenvalue weighted by atomic mass is 35.5. The molecule has 0 saturated carbocycles. The highest BCUT2D eigenvalue weighted by Gasteiger charge is 2.36. The zero-order valence-electron chi connectivity index (χ0n) is 34.1. The molecule has 2 heterocycles. The minimum Gasteiger partial charge on any atom is -0.480 e. The van der Waals surface area contributed by atoms with Gasteiger partial charge in [0.2, 0.25) is 6.41 Å². The van der Waals surface area contributed by atoms with E-state index in [1.54, 1.807) is 71.9 Å². The fourth-order valence-electron chi connectivity index (χ4n) is 6.18. The van der Waals surface area contributed by atoms with E-state index in [9.17, 15) is 44.4 Å². The Morgan fingerprint density at radius 1 is 0.678 bits per heavy atom. The van der Waals surface area contributed by atoms with Crippen molar-refractivity contribution in [3.63, 3.8) is 0 Å². The maximum absolute atomic E-state index is 11.9. The van der Waals surface area contributed by atoms with Gasteiger partial charge in [-0.15, -0.1) is 0 Å². The van der Waals surface area contributed by atoms with Crippen molar-refractivity contribution in [1.82, 2.24) is 29.3 Å². The second-order valence-corrected chi connectivity index (χ2v) is 16.2. The van der Waals surface area contributed by atoms with E-state index in [0.29, 0.717) is 51.0 Å². The fourth-order valence-corrected chi connectivity index (χ4v) is 7.32. The van der Waals surface area contributed by atoms with Gasteiger partial charge >= 0.3 is 23.9 Å². The highest BCUT2D eigenvalue weighted by molar-refractivity contribution is 6.35. The summed E-state index contributed by atoms with van der Waals surface area (Å²) in [7, 11) is 1.25. The number of carbonyl (C=O) groups excluding carboxylic acids is 1. The molecule has 0 fully saturated rings. The molecule has 1 amide bonds. The lowest BCUT2D eigenvalue weighted by atomic mass is 10.00. The number of carboxylic acid groups (broad SMARTS) is 4. The molecule has 0 aliphatic heterocycles. The number of nitrogens with zero attached hydrogens (tertiary/aromatic N) is 5. The number of benzene rings is 2. The zero-order valence-corrected chi connectivity index (χ0v) is 36.2. The van der Waals surface area contributed by atoms with Crippen LogP contribution < -0.4 is 5.32 Å². The standard InChI is InChI=1S/C20H23Cl2N3O5.C19H23Cl2N3O4.CH4/c1-12(2)3-17(19(27)28)25(11-26)18(20(29)30)7-16-8-23-10-24(16)9-13-4-14(21)6-15(22)5-13;1-11(2)3-16(18(25)26)23-17(19(27)28)7-15-8-22-10-24(15)9-12-4-13(20)6-14(21)5-12;/h4-6,8,10-12,17-18H,3,7,9H2,1-2H3,(H,27,28)(H,29,30);4-6,8,10-11,16-17,23H,3,7,9H2,1-2H3,(H,25,26)(H,27,28);1H4/t17?,18-;16-,17-;/m00./s1/i;;1T. The van der Waals surface area contributed by atoms with Crippen molar-refractivity contribution in [3.8, 4) is 0 Å². The topological polar surface area (TPSA) is 217 Å². The molecule has 0 aliphatic carbocycles. The summed E-state index contributed by atoms with van der Waals surface area (Å²) in [5, 5.41) is 42.9. The van der Waals surface area contributed by atoms with Gasteiger partial charge in [0.1, 0.15) is 24.2 Å². The van der Waals surface area contributed by atoms with Crippen LogP contribution in [0.2, 0.25) is 20.1 Å². The van der Waals surface area contributed by atoms with Gasteiger partial charge < -0.3 is 34.5 Å². The summed E-state index contributed by atoms with van der Waals surface area (Å²) in [5.74, 6) is -4.65. The molecule has 2 aromatic carbocycles. The van der Waals surface area contributed by atoms with Gasteiger partial charge in [0.05, 0.1) is 12.7 Å². The van der Waals surface area contributed by atoms with E-state index in [2.05, 4.69) is 15.3 Å². The number of rotatable bonds is 21. The SMILES string of the molecule is CC(C)CC(C(=O)O)N(C=O)[C@@H](Cc1cncn1Cc1cc(Cl)cc(Cl)c1)C(=O)O.CC(C)C[C@H](N[C@@H](Cc1cncn1Cc1cc(Cl)cc(Cl)c1)C(=O)O)C(=O)O.[3H]C. The van der Waals surface area contributed by atoms with Crippen LogP contribution in [-0.4, -0.2) is 98.9 Å². The van der Waals surface area contributed by atoms with Crippen LogP contribution >= 0.6 is 46.4 Å². The minimum atomic E-state index is -1.36. The number of aromatic nitrogens is 4. The van der Waals surface area contributed by atoms with Crippen LogP contribution in [0, 0.1) is 11.8 Å². The van der Waals surface area contributed by atoms with Gasteiger partial charge in [-0.2, -0.15) is 0 Å². The number of halogens is 4. The molecular weight excluding hydrogens is 850 g/mol. The molecule has 5 N–H and O–H groups in total. The lowest BCUT2D eigenvalue weighted by Gasteiger charge is -2.31. The van der Waals surface area contributed by atoms with E-state index >= 15 is 0 Å². The van der Waals surface area contributed by atoms with Crippen LogP contribution in [0.25, 0.3) is 0 Å². The van der Waals surface area contributed by atoms with E-state index in [0.717, 1.165) is 16.0 Å². The van der Waals surface area contributed by atoms with Crippen LogP contribution in [-0.2, 0) is 49.9 Å². The van der Waals surface area contributed by atoms with Crippen LogP contribution in [0.15, 0.2) is 61.4 Å². The second kappa shape index (κ2) is 23.8. The molecule has 2 aromatic heterocycles. The lowest BCUT2D eigenvalue weighted by molar-refractivity contribution is -0.155. The monoisotopic (exact) mass is 900 g/mol. The van der Waals surface area contributed by atoms with Crippen molar-refractivity contribution in [1.29, 1.82) is 0 Å². The predicted molar refractivity (Wildman–Crippen MR) is 225 cm³/mol. The number of amides is 1. The van der Waals surface area contributed by atoms with E-state index in [1.807, 2.05) is 13.8 Å². The molecule has 15 nitrogen and oxygen atoms in total. The third-order valence-corrected chi connectivity index (χ3v) is 9.65. The van der Waals surface area contributed by atoms with Crippen LogP contribution in [0.5, 0.6) is 0 Å². The Balaban J connectivity index is 0.000000398. The number of hydrogen-bond acceptors (Lipinski definition) is 8. The Morgan fingerprint density at radius 2 is 1.08 bits per heavy atom. The number of carboxylic acids is 4. The summed E-state index contributed by atoms with van der Waals surface area (Å²) in [5.41, 5.74) is 2.82. The van der Waals surface area contributed by atoms with Crippen molar-refractivity contribution in [2.24, 2.45) is 11.8 Å². The van der Waals surface area contributed by atoms with Crippen molar-refractivity contribution in [2.75, 3.05) is 0 Å². The molecule has 322 valence electrons. The summed E-state index contributed by atoms with van der Waals surface area (Å²) >= 11 is 24.1. The van der Waals surface area contributed by atoms with Crippen molar-refractivity contribution in [3.05, 3.63) is 104 Å². The average molecular weight is 903 g/mol. The van der Waals surface area contributed by atoms with Gasteiger partial charge in [-0.25, -0.2) is 19.6 Å². The van der Waals surface area contributed by atoms with E-state index < -0.39 is 48.0 Å². The number of aliphatic carboxylic acids is 4. The van der Waals surface area contributed by atoms with E-state index in [-0.39, 0.29) is 37.5 Å². The number of nitrogens with one attached hydrogen (secondary N) is 1. The Kier molecular flexibility index (Phi) is 19.6. The first kappa shape index (κ1) is 48.7. The molecule has 0 saturated heterocycles. The summed E-state index contributed by atoms with van der Waals surface area (Å²) in [6, 6.07) is 5.63. The van der Waals surface area contributed by atoms with Crippen LogP contribution in [0.1, 0.15) is 71.8 Å². The van der Waals surface area contributed by atoms with Gasteiger partial charge in [-0.05, 0) is 72.2 Å². The lowest BCUT2D eigenvalue weighted by Crippen LogP contribution is -2.51. The molecule has 0 aliphatic rings. The Hall–Kier alpha value is -4.67. The first-order valence-corrected chi connectivity index (χ1v) is 19.6. The molecule has 0 bridgehead atoms. The van der Waals surface area contributed by atoms with Crippen molar-refractivity contribution >= 4 is 76.7 Å². The van der Waals surface area contributed by atoms with Crippen molar-refractivity contribution in [2.45, 2.75) is 98.0 Å². The molecule has 4 rings (SSSR count). The van der Waals surface area contributed by atoms with Gasteiger partial charge in [-0.1, -0.05) is 81.5 Å². The smallest absolute Gasteiger partial charge is 0.326 e. The highest BCUT2D eigenvalue weighted by Crippen LogP contribution is 2.23. The number of hydrogen-bond donors (Lipinski definition) is 5. The summed E-state index contributed by atoms with van der Waals surface area (Å²) in [4.78, 5) is 67.6.